The van der Waals surface area contributed by atoms with Gasteiger partial charge in [-0.25, -0.2) is 4.79 Å². The van der Waals surface area contributed by atoms with Crippen molar-refractivity contribution >= 4 is 11.9 Å². The average molecular weight is 228 g/mol. The molecule has 1 unspecified atom stereocenters. The van der Waals surface area contributed by atoms with Gasteiger partial charge in [-0.2, -0.15) is 0 Å². The summed E-state index contributed by atoms with van der Waals surface area (Å²) >= 11 is 0. The summed E-state index contributed by atoms with van der Waals surface area (Å²) in [5.41, 5.74) is 5.71. The molecule has 0 aromatic carbocycles. The first-order chi connectivity index (χ1) is 7.61. The zero-order valence-corrected chi connectivity index (χ0v) is 9.94. The second-order valence-electron chi connectivity index (χ2n) is 4.08. The van der Waals surface area contributed by atoms with Gasteiger partial charge in [0.05, 0.1) is 13.2 Å². The number of nitrogens with two attached hydrogens (primary N) is 1. The normalized spacial score (nSPS) is 22.7. The Morgan fingerprint density at radius 1 is 1.50 bits per heavy atom. The van der Waals surface area contributed by atoms with Crippen LogP contribution in [-0.4, -0.2) is 42.5 Å². The molecular weight excluding hydrogens is 208 g/mol. The first kappa shape index (κ1) is 13.0. The molecule has 0 saturated carbocycles. The van der Waals surface area contributed by atoms with Crippen molar-refractivity contribution in [1.82, 2.24) is 4.90 Å². The van der Waals surface area contributed by atoms with Gasteiger partial charge in [-0.05, 0) is 25.7 Å². The second-order valence-corrected chi connectivity index (χ2v) is 4.08. The van der Waals surface area contributed by atoms with E-state index < -0.39 is 12.1 Å². The number of carbonyl (C=O) groups excluding carboxylic acids is 2. The van der Waals surface area contributed by atoms with Crippen LogP contribution in [0.2, 0.25) is 0 Å². The number of methoxy groups -OCH3 is 1. The van der Waals surface area contributed by atoms with E-state index in [2.05, 4.69) is 0 Å². The zero-order valence-electron chi connectivity index (χ0n) is 9.94. The molecule has 1 rings (SSSR count). The number of nitrogens with zero attached hydrogens (tertiary/aromatic N) is 1. The molecule has 0 spiro atoms. The summed E-state index contributed by atoms with van der Waals surface area (Å²) in [7, 11) is 1.35. The van der Waals surface area contributed by atoms with Gasteiger partial charge in [0.15, 0.2) is 0 Å². The summed E-state index contributed by atoms with van der Waals surface area (Å²) in [6.45, 7) is 2.46. The van der Waals surface area contributed by atoms with Crippen LogP contribution in [0, 0.1) is 0 Å². The van der Waals surface area contributed by atoms with Crippen molar-refractivity contribution in [2.75, 3.05) is 13.7 Å². The van der Waals surface area contributed by atoms with Crippen LogP contribution in [0.1, 0.15) is 32.6 Å². The van der Waals surface area contributed by atoms with E-state index in [0.717, 1.165) is 12.8 Å². The van der Waals surface area contributed by atoms with Crippen LogP contribution in [0.5, 0.6) is 0 Å². The van der Waals surface area contributed by atoms with Crippen molar-refractivity contribution in [2.24, 2.45) is 5.73 Å². The van der Waals surface area contributed by atoms with Gasteiger partial charge in [0, 0.05) is 6.54 Å². The molecule has 0 aromatic rings. The smallest absolute Gasteiger partial charge is 0.328 e. The molecule has 0 radical (unpaired) electrons. The summed E-state index contributed by atoms with van der Waals surface area (Å²) in [5.74, 6) is -0.478. The summed E-state index contributed by atoms with van der Waals surface area (Å²) in [4.78, 5) is 25.1. The molecule has 1 amide bonds. The SMILES string of the molecule is CC[C@@H](N)C(=O)N1CCCCC1C(=O)OC. The van der Waals surface area contributed by atoms with Crippen molar-refractivity contribution in [3.05, 3.63) is 0 Å². The Labute approximate surface area is 95.9 Å². The maximum atomic E-state index is 12.0. The standard InChI is InChI=1S/C11H20N2O3/c1-3-8(12)10(14)13-7-5-4-6-9(13)11(15)16-2/h8-9H,3-7,12H2,1-2H3/t8-,9?/m1/s1. The van der Waals surface area contributed by atoms with E-state index in [4.69, 9.17) is 10.5 Å². The van der Waals surface area contributed by atoms with Gasteiger partial charge in [-0.15, -0.1) is 0 Å². The third-order valence-electron chi connectivity index (χ3n) is 3.02. The Kier molecular flexibility index (Phi) is 4.73. The Morgan fingerprint density at radius 2 is 2.19 bits per heavy atom. The molecule has 2 N–H and O–H groups in total. The third kappa shape index (κ3) is 2.72. The Morgan fingerprint density at radius 3 is 2.75 bits per heavy atom. The molecular formula is C11H20N2O3. The number of hydrogen-bond donors (Lipinski definition) is 1. The molecule has 5 heteroatoms. The predicted molar refractivity (Wildman–Crippen MR) is 59.6 cm³/mol. The number of amides is 1. The van der Waals surface area contributed by atoms with E-state index in [1.807, 2.05) is 6.92 Å². The van der Waals surface area contributed by atoms with Crippen molar-refractivity contribution in [3.63, 3.8) is 0 Å². The number of ether oxygens (including phenoxy) is 1. The lowest BCUT2D eigenvalue weighted by Gasteiger charge is -2.35. The van der Waals surface area contributed by atoms with Gasteiger partial charge in [-0.3, -0.25) is 4.79 Å². The molecule has 0 bridgehead atoms. The highest BCUT2D eigenvalue weighted by molar-refractivity contribution is 5.87. The monoisotopic (exact) mass is 228 g/mol. The van der Waals surface area contributed by atoms with Crippen LogP contribution in [-0.2, 0) is 14.3 Å². The fraction of sp³-hybridized carbons (Fsp3) is 0.818. The average Bonchev–Trinajstić information content (AvgIpc) is 2.35. The molecule has 1 aliphatic rings. The van der Waals surface area contributed by atoms with Gasteiger partial charge in [-0.1, -0.05) is 6.92 Å². The van der Waals surface area contributed by atoms with Crippen molar-refractivity contribution in [3.8, 4) is 0 Å². The molecule has 2 atom stereocenters. The lowest BCUT2D eigenvalue weighted by molar-refractivity contribution is -0.155. The van der Waals surface area contributed by atoms with Gasteiger partial charge >= 0.3 is 5.97 Å². The molecule has 92 valence electrons. The summed E-state index contributed by atoms with van der Waals surface area (Å²) in [5, 5.41) is 0. The summed E-state index contributed by atoms with van der Waals surface area (Å²) in [6.07, 6.45) is 3.14. The van der Waals surface area contributed by atoms with E-state index in [-0.39, 0.29) is 11.9 Å². The third-order valence-corrected chi connectivity index (χ3v) is 3.02. The van der Waals surface area contributed by atoms with Crippen LogP contribution in [0.3, 0.4) is 0 Å². The number of rotatable bonds is 3. The topological polar surface area (TPSA) is 72.6 Å². The van der Waals surface area contributed by atoms with Gasteiger partial charge in [0.1, 0.15) is 6.04 Å². The summed E-state index contributed by atoms with van der Waals surface area (Å²) < 4.78 is 4.71. The predicted octanol–water partition coefficient (Wildman–Crippen LogP) is 0.278. The molecule has 1 saturated heterocycles. The lowest BCUT2D eigenvalue weighted by Crippen LogP contribution is -2.53. The van der Waals surface area contributed by atoms with Gasteiger partial charge < -0.3 is 15.4 Å². The summed E-state index contributed by atoms with van der Waals surface area (Å²) in [6, 6.07) is -0.950. The molecule has 1 heterocycles. The largest absolute Gasteiger partial charge is 0.467 e. The number of carbonyl (C=O) groups is 2. The van der Waals surface area contributed by atoms with E-state index in [0.29, 0.717) is 19.4 Å². The molecule has 0 aromatic heterocycles. The molecule has 16 heavy (non-hydrogen) atoms. The highest BCUT2D eigenvalue weighted by atomic mass is 16.5. The minimum absolute atomic E-state index is 0.141. The van der Waals surface area contributed by atoms with Crippen molar-refractivity contribution in [1.29, 1.82) is 0 Å². The second kappa shape index (κ2) is 5.84. The van der Waals surface area contributed by atoms with Crippen LogP contribution >= 0.6 is 0 Å². The van der Waals surface area contributed by atoms with E-state index >= 15 is 0 Å². The Balaban J connectivity index is 2.73. The number of piperidine rings is 1. The lowest BCUT2D eigenvalue weighted by atomic mass is 10.0. The highest BCUT2D eigenvalue weighted by Gasteiger charge is 2.34. The number of likely N-dealkylation sites (tertiary alicyclic amines) is 1. The van der Waals surface area contributed by atoms with Crippen LogP contribution in [0.25, 0.3) is 0 Å². The quantitative estimate of drug-likeness (QED) is 0.704. The minimum atomic E-state index is -0.509. The van der Waals surface area contributed by atoms with Crippen molar-refractivity contribution < 1.29 is 14.3 Å². The molecule has 5 nitrogen and oxygen atoms in total. The van der Waals surface area contributed by atoms with Crippen molar-refractivity contribution in [2.45, 2.75) is 44.7 Å². The van der Waals surface area contributed by atoms with Crippen LogP contribution < -0.4 is 5.73 Å². The van der Waals surface area contributed by atoms with Crippen LogP contribution in [0.15, 0.2) is 0 Å². The zero-order chi connectivity index (χ0) is 12.1. The number of hydrogen-bond acceptors (Lipinski definition) is 4. The highest BCUT2D eigenvalue weighted by Crippen LogP contribution is 2.19. The van der Waals surface area contributed by atoms with Gasteiger partial charge in [0.2, 0.25) is 5.91 Å². The van der Waals surface area contributed by atoms with E-state index in [9.17, 15) is 9.59 Å². The Bertz CT molecular complexity index is 268. The maximum Gasteiger partial charge on any atom is 0.328 e. The van der Waals surface area contributed by atoms with E-state index in [1.54, 1.807) is 4.90 Å². The fourth-order valence-corrected chi connectivity index (χ4v) is 1.96. The molecule has 1 aliphatic heterocycles. The maximum absolute atomic E-state index is 12.0. The van der Waals surface area contributed by atoms with Gasteiger partial charge in [0.25, 0.3) is 0 Å². The van der Waals surface area contributed by atoms with E-state index in [1.165, 1.54) is 7.11 Å². The fourth-order valence-electron chi connectivity index (χ4n) is 1.96. The minimum Gasteiger partial charge on any atom is -0.467 e. The van der Waals surface area contributed by atoms with Crippen LogP contribution in [0.4, 0.5) is 0 Å². The molecule has 1 fully saturated rings. The Hall–Kier alpha value is -1.10. The first-order valence-corrected chi connectivity index (χ1v) is 5.75. The number of esters is 1. The first-order valence-electron chi connectivity index (χ1n) is 5.75. The molecule has 0 aliphatic carbocycles.